The van der Waals surface area contributed by atoms with Crippen LogP contribution in [-0.4, -0.2) is 69.3 Å². The van der Waals surface area contributed by atoms with Gasteiger partial charge >= 0.3 is 41.5 Å². The minimum Gasteiger partial charge on any atom is -0.769 e. The predicted molar refractivity (Wildman–Crippen MR) is 344 cm³/mol. The molecule has 13 rings (SSSR count). The van der Waals surface area contributed by atoms with Gasteiger partial charge in [0, 0.05) is 30.4 Å². The summed E-state index contributed by atoms with van der Waals surface area (Å²) in [6, 6.07) is 37.1. The number of nitrogens with zero attached hydrogens (tertiary/aromatic N) is 8. The van der Waals surface area contributed by atoms with Gasteiger partial charge in [-0.05, 0) is 196 Å². The van der Waals surface area contributed by atoms with Crippen LogP contribution in [0.15, 0.2) is 169 Å². The molecule has 19 nitrogen and oxygen atoms in total. The largest absolute Gasteiger partial charge is 1.00 e. The molecule has 1 aliphatic heterocycles. The van der Waals surface area contributed by atoms with Gasteiger partial charge in [0.2, 0.25) is 17.4 Å². The zero-order chi connectivity index (χ0) is 65.8. The third-order valence-corrected chi connectivity index (χ3v) is 15.8. The first-order chi connectivity index (χ1) is 43.9. The van der Waals surface area contributed by atoms with Gasteiger partial charge in [0.05, 0.1) is 56.9 Å². The van der Waals surface area contributed by atoms with Crippen LogP contribution in [-0.2, 0) is 42.3 Å². The van der Waals surface area contributed by atoms with Gasteiger partial charge in [0.1, 0.15) is 45.5 Å². The molecule has 476 valence electrons. The van der Waals surface area contributed by atoms with Gasteiger partial charge in [0.25, 0.3) is 11.1 Å². The van der Waals surface area contributed by atoms with Crippen molar-refractivity contribution in [2.45, 2.75) is 117 Å². The van der Waals surface area contributed by atoms with Gasteiger partial charge in [-0.2, -0.15) is 0 Å². The van der Waals surface area contributed by atoms with E-state index in [-0.39, 0.29) is 76.3 Å². The number of carbonyl (C=O) groups excluding carboxylic acids is 2. The van der Waals surface area contributed by atoms with Gasteiger partial charge in [-0.15, -0.1) is 0 Å². The Hall–Kier alpha value is -8.73. The van der Waals surface area contributed by atoms with Crippen molar-refractivity contribution in [3.8, 4) is 11.4 Å². The maximum Gasteiger partial charge on any atom is 1.00 e. The van der Waals surface area contributed by atoms with Crippen LogP contribution < -0.4 is 45.3 Å². The van der Waals surface area contributed by atoms with Crippen LogP contribution >= 0.6 is 11.9 Å². The molecule has 10 aromatic rings. The summed E-state index contributed by atoms with van der Waals surface area (Å²) >= 11 is 3.39. The number of rotatable bonds is 12. The number of para-hydroxylation sites is 4. The number of benzene rings is 6. The van der Waals surface area contributed by atoms with E-state index in [1.807, 2.05) is 116 Å². The number of aromatic nitrogens is 6. The quantitative estimate of drug-likeness (QED) is 0.0393. The van der Waals surface area contributed by atoms with Gasteiger partial charge < -0.3 is 33.0 Å². The third-order valence-electron chi connectivity index (χ3n) is 15.8. The third kappa shape index (κ3) is 16.0. The molecule has 6 aromatic carbocycles. The molecule has 2 fully saturated rings. The molecule has 0 saturated heterocycles. The number of allylic oxidation sites excluding steroid dienone is 1. The summed E-state index contributed by atoms with van der Waals surface area (Å²) in [5, 5.41) is 17.1. The molecule has 3 aliphatic rings. The number of hydrogen-bond donors (Lipinski definition) is 1. The molecule has 4 aromatic heterocycles. The van der Waals surface area contributed by atoms with Crippen molar-refractivity contribution in [3.63, 3.8) is 0 Å². The first-order valence-corrected chi connectivity index (χ1v) is 30.2. The smallest absolute Gasteiger partial charge is 0.769 e. The number of halogens is 3. The Morgan fingerprint density at radius 3 is 1.60 bits per heavy atom. The van der Waals surface area contributed by atoms with Crippen LogP contribution in [0.3, 0.4) is 0 Å². The van der Waals surface area contributed by atoms with E-state index in [1.54, 1.807) is 53.1 Å². The van der Waals surface area contributed by atoms with Crippen molar-refractivity contribution in [1.29, 1.82) is 0 Å². The summed E-state index contributed by atoms with van der Waals surface area (Å²) < 4.78 is 60.5. The topological polar surface area (TPSA) is 252 Å². The molecule has 0 bridgehead atoms. The maximum absolute atomic E-state index is 13.9. The first-order valence-electron chi connectivity index (χ1n) is 29.9. The van der Waals surface area contributed by atoms with E-state index >= 15 is 0 Å². The number of ether oxygens (including phenoxy) is 2. The summed E-state index contributed by atoms with van der Waals surface area (Å²) in [7, 11) is 0. The zero-order valence-electron chi connectivity index (χ0n) is 53.0. The standard InChI is InChI=1S/C35H33FN4O5.C25H26FN3O4.C10H9NO.ClO.Na/c1-34(2,3)44-32(42)22-15-20(16-22)17-30-37-27-18-21(9-14-25(27)31(41)40(30)24-12-10-23(36)11-13-24)28-19-35(4,45-39-28)33-38-26-7-5-6-8-29(26)43-33;1-25(2,3)33-24(31)17-10-16(11-17)13-22-28-21-12-15(14-27-32)4-9-20(21)23(30)29(22)19-7-5-18(26)6-8-19;1-7(2)10-11-8-5-3-4-6-9(8)12-10;1-2;/h5-14,18,20,22H,15-17,19H2,1-4H3;4-9,12,14,16-17,32H,10-11,13H2,1-3H3;3-6H,1H2,2H3;;/q;;;-1;+1/b;27-14+;;;. The Morgan fingerprint density at radius 2 is 1.14 bits per heavy atom. The van der Waals surface area contributed by atoms with Crippen molar-refractivity contribution in [3.05, 3.63) is 207 Å². The molecule has 2 aliphatic carbocycles. The number of oxazole rings is 2. The Kier molecular flexibility index (Phi) is 21.1. The average Bonchev–Trinajstić information content (AvgIpc) is 1.67. The summed E-state index contributed by atoms with van der Waals surface area (Å²) in [4.78, 5) is 76.7. The van der Waals surface area contributed by atoms with E-state index < -0.39 is 28.4 Å². The molecule has 93 heavy (non-hydrogen) atoms. The maximum atomic E-state index is 13.9. The van der Waals surface area contributed by atoms with Crippen molar-refractivity contribution in [2.24, 2.45) is 34.0 Å². The number of esters is 2. The van der Waals surface area contributed by atoms with Crippen molar-refractivity contribution in [1.82, 2.24) is 29.1 Å². The fraction of sp³-hybridized carbons (Fsp3) is 0.314. The number of oxime groups is 2. The molecular formula is C70H68ClF2N8NaO11. The molecule has 2 saturated carbocycles. The van der Waals surface area contributed by atoms with E-state index in [0.29, 0.717) is 118 Å². The zero-order valence-corrected chi connectivity index (χ0v) is 55.7. The Bertz CT molecular complexity index is 4520. The second-order valence-electron chi connectivity index (χ2n) is 25.4. The molecule has 0 spiro atoms. The van der Waals surface area contributed by atoms with E-state index in [4.69, 9.17) is 43.0 Å². The Balaban J connectivity index is 0.000000185. The normalized spacial score (nSPS) is 18.3. The van der Waals surface area contributed by atoms with Crippen LogP contribution in [0.2, 0.25) is 0 Å². The molecule has 0 amide bonds. The summed E-state index contributed by atoms with van der Waals surface area (Å²) in [5.74, 6) is 0.930. The van der Waals surface area contributed by atoms with E-state index in [2.05, 4.69) is 38.7 Å². The van der Waals surface area contributed by atoms with Gasteiger partial charge in [0.15, 0.2) is 11.2 Å². The summed E-state index contributed by atoms with van der Waals surface area (Å²) in [6.07, 6.45) is 5.26. The molecule has 1 unspecified atom stereocenters. The van der Waals surface area contributed by atoms with Crippen molar-refractivity contribution < 1.29 is 80.9 Å². The minimum absolute atomic E-state index is 0. The van der Waals surface area contributed by atoms with Crippen LogP contribution in [0, 0.1) is 35.3 Å². The average molecular weight is 1290 g/mol. The Labute approximate surface area is 561 Å². The fourth-order valence-electron chi connectivity index (χ4n) is 11.2. The number of carbonyl (C=O) groups is 2. The fourth-order valence-corrected chi connectivity index (χ4v) is 11.2. The van der Waals surface area contributed by atoms with Gasteiger partial charge in [-0.1, -0.05) is 53.3 Å². The predicted octanol–water partition coefficient (Wildman–Crippen LogP) is 10.2. The second kappa shape index (κ2) is 28.6. The van der Waals surface area contributed by atoms with Crippen LogP contribution in [0.25, 0.3) is 61.0 Å². The molecule has 23 heteroatoms. The van der Waals surface area contributed by atoms with Gasteiger partial charge in [-0.25, -0.2) is 40.6 Å². The van der Waals surface area contributed by atoms with Gasteiger partial charge in [-0.3, -0.25) is 28.3 Å². The molecule has 5 heterocycles. The SMILES string of the molecule is C=C(C)c1nc2ccccc2o1.CC(C)(C)OC(=O)C1CC(Cc2nc3cc(/C=N/O)ccc3c(=O)n2-c2ccc(F)cc2)C1.CC(C)(C)OC(=O)C1CC(Cc2nc3cc(C4=NOC(C)(c5nc6ccccc6o5)C4)ccc3c(=O)n2-c2ccc(F)cc2)C1.[Na+].[O-]Cl. The molecule has 1 atom stereocenters. The van der Waals surface area contributed by atoms with E-state index in [9.17, 15) is 28.0 Å². The van der Waals surface area contributed by atoms with Crippen LogP contribution in [0.4, 0.5) is 8.78 Å². The van der Waals surface area contributed by atoms with E-state index in [1.165, 1.54) is 35.0 Å². The first kappa shape index (κ1) is 68.6. The van der Waals surface area contributed by atoms with Crippen LogP contribution in [0.1, 0.15) is 122 Å². The molecule has 1 N–H and O–H groups in total. The molecule has 0 radical (unpaired) electrons. The van der Waals surface area contributed by atoms with Crippen molar-refractivity contribution in [2.75, 3.05) is 0 Å². The summed E-state index contributed by atoms with van der Waals surface area (Å²) in [5.41, 5.74) is 5.61. The minimum atomic E-state index is -0.886. The monoisotopic (exact) mass is 1290 g/mol. The van der Waals surface area contributed by atoms with Crippen LogP contribution in [0.5, 0.6) is 0 Å². The molecular weight excluding hydrogens is 1230 g/mol. The van der Waals surface area contributed by atoms with Crippen molar-refractivity contribution >= 4 is 85.3 Å². The second-order valence-corrected chi connectivity index (χ2v) is 25.4. The Morgan fingerprint density at radius 1 is 0.677 bits per heavy atom. The van der Waals surface area contributed by atoms with E-state index in [0.717, 1.165) is 27.8 Å². The summed E-state index contributed by atoms with van der Waals surface area (Å²) in [6.45, 7) is 18.6. The number of hydrogen-bond acceptors (Lipinski definition) is 17. The number of fused-ring (bicyclic) bond motifs is 4.